The van der Waals surface area contributed by atoms with Crippen LogP contribution in [0.25, 0.3) is 0 Å². The van der Waals surface area contributed by atoms with E-state index >= 15 is 0 Å². The van der Waals surface area contributed by atoms with E-state index in [9.17, 15) is 14.7 Å². The summed E-state index contributed by atoms with van der Waals surface area (Å²) in [5.74, 6) is -1.16. The molecule has 0 radical (unpaired) electrons. The molecule has 1 unspecified atom stereocenters. The summed E-state index contributed by atoms with van der Waals surface area (Å²) in [6.45, 7) is 5.10. The number of halogens is 1. The highest BCUT2D eigenvalue weighted by molar-refractivity contribution is 6.43. The van der Waals surface area contributed by atoms with Crippen LogP contribution >= 0.6 is 11.6 Å². The van der Waals surface area contributed by atoms with Crippen LogP contribution in [0.2, 0.25) is 0 Å². The zero-order chi connectivity index (χ0) is 21.1. The molecule has 1 amide bonds. The summed E-state index contributed by atoms with van der Waals surface area (Å²) in [5, 5.41) is 12.8. The summed E-state index contributed by atoms with van der Waals surface area (Å²) in [7, 11) is 1.62. The third-order valence-electron chi connectivity index (χ3n) is 5.45. The zero-order valence-electron chi connectivity index (χ0n) is 16.9. The van der Waals surface area contributed by atoms with Crippen molar-refractivity contribution in [2.45, 2.75) is 45.3 Å². The van der Waals surface area contributed by atoms with Crippen LogP contribution in [-0.4, -0.2) is 55.0 Å². The lowest BCUT2D eigenvalue weighted by Crippen LogP contribution is -2.56. The van der Waals surface area contributed by atoms with Gasteiger partial charge in [0.2, 0.25) is 0 Å². The van der Waals surface area contributed by atoms with Crippen LogP contribution in [0.4, 0.5) is 5.69 Å². The van der Waals surface area contributed by atoms with Crippen molar-refractivity contribution in [3.05, 3.63) is 40.1 Å². The number of nitrogens with one attached hydrogen (secondary N) is 1. The van der Waals surface area contributed by atoms with E-state index in [4.69, 9.17) is 16.3 Å². The SMILES string of the molecule is CCC1=C(Cl)N=C(C(=O)NC2CCN(c3cc(C)cc(C(=O)O)c3)C[C@@H]2OC)C1. The molecule has 3 rings (SSSR count). The predicted molar refractivity (Wildman–Crippen MR) is 113 cm³/mol. The Labute approximate surface area is 175 Å². The molecule has 1 fully saturated rings. The number of allylic oxidation sites excluding steroid dienone is 1. The molecule has 156 valence electrons. The van der Waals surface area contributed by atoms with Gasteiger partial charge in [0.05, 0.1) is 17.7 Å². The fraction of sp³-hybridized carbons (Fsp3) is 0.476. The summed E-state index contributed by atoms with van der Waals surface area (Å²) < 4.78 is 5.64. The first kappa shape index (κ1) is 21.3. The lowest BCUT2D eigenvalue weighted by atomic mass is 9.99. The molecular formula is C21H26ClN3O4. The number of benzene rings is 1. The Morgan fingerprint density at radius 2 is 2.14 bits per heavy atom. The monoisotopic (exact) mass is 419 g/mol. The minimum Gasteiger partial charge on any atom is -0.478 e. The number of ether oxygens (including phenoxy) is 1. The number of amides is 1. The van der Waals surface area contributed by atoms with Crippen LogP contribution in [0.1, 0.15) is 42.1 Å². The van der Waals surface area contributed by atoms with Gasteiger partial charge in [-0.2, -0.15) is 0 Å². The number of aryl methyl sites for hydroxylation is 1. The number of hydrogen-bond donors (Lipinski definition) is 2. The smallest absolute Gasteiger partial charge is 0.335 e. The van der Waals surface area contributed by atoms with E-state index in [1.54, 1.807) is 19.2 Å². The van der Waals surface area contributed by atoms with Gasteiger partial charge in [-0.05, 0) is 49.1 Å². The van der Waals surface area contributed by atoms with Gasteiger partial charge in [0.25, 0.3) is 5.91 Å². The first-order valence-corrected chi connectivity index (χ1v) is 10.1. The van der Waals surface area contributed by atoms with E-state index < -0.39 is 5.97 Å². The van der Waals surface area contributed by atoms with Gasteiger partial charge in [-0.25, -0.2) is 9.79 Å². The highest BCUT2D eigenvalue weighted by atomic mass is 35.5. The van der Waals surface area contributed by atoms with E-state index in [1.807, 2.05) is 19.9 Å². The molecule has 8 heteroatoms. The molecule has 2 heterocycles. The van der Waals surface area contributed by atoms with Crippen molar-refractivity contribution >= 4 is 34.9 Å². The molecule has 0 aliphatic carbocycles. The summed E-state index contributed by atoms with van der Waals surface area (Å²) in [5.41, 5.74) is 3.41. The predicted octanol–water partition coefficient (Wildman–Crippen LogP) is 3.11. The molecule has 0 aromatic heterocycles. The van der Waals surface area contributed by atoms with Crippen molar-refractivity contribution in [2.75, 3.05) is 25.1 Å². The van der Waals surface area contributed by atoms with Crippen LogP contribution in [0.5, 0.6) is 0 Å². The van der Waals surface area contributed by atoms with Crippen molar-refractivity contribution in [2.24, 2.45) is 4.99 Å². The maximum absolute atomic E-state index is 12.6. The summed E-state index contributed by atoms with van der Waals surface area (Å²) >= 11 is 6.09. The van der Waals surface area contributed by atoms with Gasteiger partial charge < -0.3 is 20.1 Å². The quantitative estimate of drug-likeness (QED) is 0.691. The van der Waals surface area contributed by atoms with Gasteiger partial charge in [-0.15, -0.1) is 0 Å². The van der Waals surface area contributed by atoms with Gasteiger partial charge >= 0.3 is 5.97 Å². The number of carbonyl (C=O) groups is 2. The number of anilines is 1. The molecule has 1 aromatic carbocycles. The molecule has 0 saturated carbocycles. The zero-order valence-corrected chi connectivity index (χ0v) is 17.6. The lowest BCUT2D eigenvalue weighted by Gasteiger charge is -2.39. The Hall–Kier alpha value is -2.38. The molecule has 1 saturated heterocycles. The van der Waals surface area contributed by atoms with E-state index in [0.717, 1.165) is 23.2 Å². The number of piperidine rings is 1. The lowest BCUT2D eigenvalue weighted by molar-refractivity contribution is -0.116. The van der Waals surface area contributed by atoms with Crippen LogP contribution in [-0.2, 0) is 9.53 Å². The second-order valence-electron chi connectivity index (χ2n) is 7.43. The third-order valence-corrected chi connectivity index (χ3v) is 5.80. The van der Waals surface area contributed by atoms with E-state index in [0.29, 0.717) is 36.8 Å². The number of rotatable bonds is 6. The van der Waals surface area contributed by atoms with Crippen molar-refractivity contribution in [3.63, 3.8) is 0 Å². The number of carbonyl (C=O) groups excluding carboxylic acids is 1. The largest absolute Gasteiger partial charge is 0.478 e. The third kappa shape index (κ3) is 4.79. The van der Waals surface area contributed by atoms with Crippen LogP contribution < -0.4 is 10.2 Å². The number of nitrogens with zero attached hydrogens (tertiary/aromatic N) is 2. The number of aliphatic imine (C=N–C) groups is 1. The van der Waals surface area contributed by atoms with Crippen LogP contribution in [0.3, 0.4) is 0 Å². The highest BCUT2D eigenvalue weighted by Crippen LogP contribution is 2.27. The van der Waals surface area contributed by atoms with Gasteiger partial charge in [0, 0.05) is 32.3 Å². The molecule has 2 atom stereocenters. The van der Waals surface area contributed by atoms with Crippen molar-refractivity contribution < 1.29 is 19.4 Å². The molecule has 29 heavy (non-hydrogen) atoms. The number of hydrogen-bond acceptors (Lipinski definition) is 5. The minimum atomic E-state index is -0.948. The van der Waals surface area contributed by atoms with Gasteiger partial charge in [-0.1, -0.05) is 18.5 Å². The maximum atomic E-state index is 12.6. The van der Waals surface area contributed by atoms with E-state index in [-0.39, 0.29) is 23.6 Å². The Bertz CT molecular complexity index is 881. The number of aromatic carboxylic acids is 1. The number of carboxylic acids is 1. The van der Waals surface area contributed by atoms with Crippen molar-refractivity contribution in [3.8, 4) is 0 Å². The molecule has 2 aliphatic heterocycles. The topological polar surface area (TPSA) is 91.2 Å². The number of methoxy groups -OCH3 is 1. The molecule has 0 spiro atoms. The minimum absolute atomic E-state index is 0.153. The Morgan fingerprint density at radius 1 is 1.38 bits per heavy atom. The summed E-state index contributed by atoms with van der Waals surface area (Å²) in [6, 6.07) is 5.14. The highest BCUT2D eigenvalue weighted by Gasteiger charge is 2.32. The van der Waals surface area contributed by atoms with Crippen LogP contribution in [0, 0.1) is 6.92 Å². The average molecular weight is 420 g/mol. The maximum Gasteiger partial charge on any atom is 0.335 e. The van der Waals surface area contributed by atoms with Gasteiger partial charge in [0.15, 0.2) is 0 Å². The van der Waals surface area contributed by atoms with Gasteiger partial charge in [-0.3, -0.25) is 4.79 Å². The van der Waals surface area contributed by atoms with Crippen molar-refractivity contribution in [1.29, 1.82) is 0 Å². The Morgan fingerprint density at radius 3 is 2.76 bits per heavy atom. The van der Waals surface area contributed by atoms with Crippen LogP contribution in [0.15, 0.2) is 33.9 Å². The molecule has 1 aromatic rings. The molecule has 2 aliphatic rings. The molecule has 0 bridgehead atoms. The summed E-state index contributed by atoms with van der Waals surface area (Å²) in [4.78, 5) is 30.3. The van der Waals surface area contributed by atoms with Gasteiger partial charge in [0.1, 0.15) is 10.9 Å². The second kappa shape index (κ2) is 8.97. The summed E-state index contributed by atoms with van der Waals surface area (Å²) in [6.07, 6.45) is 1.71. The first-order valence-electron chi connectivity index (χ1n) is 9.71. The Balaban J connectivity index is 1.67. The number of carboxylic acid groups (broad SMARTS) is 1. The average Bonchev–Trinajstić information content (AvgIpc) is 3.08. The first-order chi connectivity index (χ1) is 13.8. The Kier molecular flexibility index (Phi) is 6.59. The molecular weight excluding hydrogens is 394 g/mol. The van der Waals surface area contributed by atoms with Crippen molar-refractivity contribution in [1.82, 2.24) is 5.32 Å². The standard InChI is InChI=1S/C21H26ClN3O4/c1-4-13-10-17(23-19(13)22)20(26)24-16-5-6-25(11-18(16)29-3)15-8-12(2)7-14(9-15)21(27)28/h7-9,16,18H,4-6,10-11H2,1-3H3,(H,24,26)(H,27,28)/t16?,18-/m0/s1. The van der Waals surface area contributed by atoms with E-state index in [2.05, 4.69) is 15.2 Å². The molecule has 2 N–H and O–H groups in total. The fourth-order valence-corrected chi connectivity index (χ4v) is 4.09. The normalized spacial score (nSPS) is 21.9. The second-order valence-corrected chi connectivity index (χ2v) is 7.79. The molecule has 7 nitrogen and oxygen atoms in total. The fourth-order valence-electron chi connectivity index (χ4n) is 3.79. The van der Waals surface area contributed by atoms with E-state index in [1.165, 1.54) is 0 Å².